The van der Waals surface area contributed by atoms with Crippen molar-refractivity contribution in [2.75, 3.05) is 18.2 Å². The molecule has 0 spiro atoms. The fourth-order valence-electron chi connectivity index (χ4n) is 2.29. The Bertz CT molecular complexity index is 1050. The Morgan fingerprint density at radius 1 is 1.40 bits per heavy atom. The predicted molar refractivity (Wildman–Crippen MR) is 97.2 cm³/mol. The van der Waals surface area contributed by atoms with Gasteiger partial charge in [0.2, 0.25) is 11.1 Å². The van der Waals surface area contributed by atoms with E-state index in [1.807, 2.05) is 18.2 Å². The maximum Gasteiger partial charge on any atom is 0.236 e. The lowest BCUT2D eigenvalue weighted by Gasteiger charge is -2.00. The summed E-state index contributed by atoms with van der Waals surface area (Å²) in [5.41, 5.74) is 2.20. The topological polar surface area (TPSA) is 106 Å². The minimum absolute atomic E-state index is 0.162. The van der Waals surface area contributed by atoms with Gasteiger partial charge in [-0.15, -0.1) is 21.5 Å². The van der Waals surface area contributed by atoms with Gasteiger partial charge in [0.1, 0.15) is 11.3 Å². The van der Waals surface area contributed by atoms with E-state index in [9.17, 15) is 4.79 Å². The Morgan fingerprint density at radius 2 is 2.32 bits per heavy atom. The quantitative estimate of drug-likeness (QED) is 0.519. The summed E-state index contributed by atoms with van der Waals surface area (Å²) >= 11 is 2.59. The van der Waals surface area contributed by atoms with E-state index < -0.39 is 0 Å². The van der Waals surface area contributed by atoms with E-state index in [0.29, 0.717) is 21.5 Å². The number of hydrogen-bond donors (Lipinski definition) is 2. The number of benzene rings is 1. The lowest BCUT2D eigenvalue weighted by atomic mass is 10.2. The number of hydrogen-bond acceptors (Lipinski definition) is 8. The number of carbonyl (C=O) groups is 1. The molecule has 0 aliphatic rings. The zero-order valence-corrected chi connectivity index (χ0v) is 14.6. The van der Waals surface area contributed by atoms with Gasteiger partial charge in [-0.3, -0.25) is 4.79 Å². The Kier molecular flexibility index (Phi) is 4.20. The average molecular weight is 372 g/mol. The molecule has 4 rings (SSSR count). The second kappa shape index (κ2) is 6.65. The number of thiazole rings is 1. The van der Waals surface area contributed by atoms with Crippen LogP contribution in [0, 0.1) is 0 Å². The Morgan fingerprint density at radius 3 is 3.12 bits per heavy atom. The highest BCUT2D eigenvalue weighted by Crippen LogP contribution is 2.27. The molecule has 3 heterocycles. The van der Waals surface area contributed by atoms with Crippen molar-refractivity contribution in [1.82, 2.24) is 25.1 Å². The first-order valence-corrected chi connectivity index (χ1v) is 9.12. The number of nitrogens with one attached hydrogen (secondary N) is 2. The van der Waals surface area contributed by atoms with Gasteiger partial charge in [0, 0.05) is 22.5 Å². The smallest absolute Gasteiger partial charge is 0.236 e. The average Bonchev–Trinajstić information content (AvgIpc) is 3.26. The zero-order chi connectivity index (χ0) is 17.2. The molecule has 10 heteroatoms. The van der Waals surface area contributed by atoms with Crippen molar-refractivity contribution in [1.29, 1.82) is 0 Å². The molecule has 8 nitrogen and oxygen atoms in total. The summed E-state index contributed by atoms with van der Waals surface area (Å²) in [5.74, 6) is 0.762. The first-order chi connectivity index (χ1) is 12.2. The van der Waals surface area contributed by atoms with E-state index in [2.05, 4.69) is 30.5 Å². The molecule has 2 N–H and O–H groups in total. The first kappa shape index (κ1) is 15.8. The molecular weight excluding hydrogens is 360 g/mol. The van der Waals surface area contributed by atoms with Crippen molar-refractivity contribution in [2.24, 2.45) is 0 Å². The monoisotopic (exact) mass is 372 g/mol. The van der Waals surface area contributed by atoms with Crippen LogP contribution >= 0.6 is 23.1 Å². The number of thioether (sulfide) groups is 1. The van der Waals surface area contributed by atoms with Crippen molar-refractivity contribution < 1.29 is 9.53 Å². The lowest BCUT2D eigenvalue weighted by Crippen LogP contribution is -2.14. The van der Waals surface area contributed by atoms with Crippen LogP contribution in [0.1, 0.15) is 0 Å². The number of fused-ring (bicyclic) bond motifs is 3. The number of carbonyl (C=O) groups excluding carboxylic acids is 1. The normalized spacial score (nSPS) is 11.1. The van der Waals surface area contributed by atoms with Crippen LogP contribution in [0.25, 0.3) is 22.1 Å². The van der Waals surface area contributed by atoms with Gasteiger partial charge in [-0.05, 0) is 18.2 Å². The van der Waals surface area contributed by atoms with Crippen LogP contribution in [0.5, 0.6) is 5.75 Å². The van der Waals surface area contributed by atoms with E-state index in [1.165, 1.54) is 23.1 Å². The molecule has 1 amide bonds. The number of aromatic amines is 1. The summed E-state index contributed by atoms with van der Waals surface area (Å²) in [5, 5.41) is 14.8. The molecule has 1 aromatic carbocycles. The standard InChI is InChI=1S/C15H12N6O2S2/c1-23-8-2-3-10-9(6-8)12-13(17-10)19-15(21-20-12)25-7-11(22)18-14-16-4-5-24-14/h2-6H,7H2,1H3,(H,16,18,22)(H,17,19,21). The maximum atomic E-state index is 11.9. The molecule has 0 unspecified atom stereocenters. The van der Waals surface area contributed by atoms with Crippen LogP contribution in [0.15, 0.2) is 34.9 Å². The summed E-state index contributed by atoms with van der Waals surface area (Å²) in [4.78, 5) is 23.5. The minimum Gasteiger partial charge on any atom is -0.497 e. The molecule has 3 aromatic heterocycles. The Labute approximate surface area is 150 Å². The van der Waals surface area contributed by atoms with Gasteiger partial charge in [0.15, 0.2) is 10.8 Å². The van der Waals surface area contributed by atoms with Gasteiger partial charge >= 0.3 is 0 Å². The van der Waals surface area contributed by atoms with Gasteiger partial charge in [0.25, 0.3) is 0 Å². The lowest BCUT2D eigenvalue weighted by molar-refractivity contribution is -0.113. The number of nitrogens with zero attached hydrogens (tertiary/aromatic N) is 4. The van der Waals surface area contributed by atoms with E-state index in [0.717, 1.165) is 16.7 Å². The fraction of sp³-hybridized carbons (Fsp3) is 0.133. The maximum absolute atomic E-state index is 11.9. The number of rotatable bonds is 5. The molecule has 0 aliphatic carbocycles. The molecule has 25 heavy (non-hydrogen) atoms. The third-order valence-corrected chi connectivity index (χ3v) is 4.94. The minimum atomic E-state index is -0.162. The van der Waals surface area contributed by atoms with Crippen LogP contribution in [-0.4, -0.2) is 43.9 Å². The van der Waals surface area contributed by atoms with E-state index in [-0.39, 0.29) is 11.7 Å². The number of ether oxygens (including phenoxy) is 1. The van der Waals surface area contributed by atoms with Crippen molar-refractivity contribution in [3.63, 3.8) is 0 Å². The molecule has 4 aromatic rings. The largest absolute Gasteiger partial charge is 0.497 e. The van der Waals surface area contributed by atoms with Gasteiger partial charge in [0.05, 0.1) is 12.9 Å². The molecule has 0 bridgehead atoms. The molecule has 0 atom stereocenters. The summed E-state index contributed by atoms with van der Waals surface area (Å²) < 4.78 is 5.24. The van der Waals surface area contributed by atoms with Crippen molar-refractivity contribution in [2.45, 2.75) is 5.16 Å². The predicted octanol–water partition coefficient (Wildman–Crippen LogP) is 2.70. The van der Waals surface area contributed by atoms with E-state index in [4.69, 9.17) is 4.74 Å². The number of aromatic nitrogens is 5. The van der Waals surface area contributed by atoms with Crippen LogP contribution < -0.4 is 10.1 Å². The number of amides is 1. The highest BCUT2D eigenvalue weighted by atomic mass is 32.2. The second-order valence-corrected chi connectivity index (χ2v) is 6.84. The van der Waals surface area contributed by atoms with Gasteiger partial charge in [-0.1, -0.05) is 11.8 Å². The number of anilines is 1. The molecule has 126 valence electrons. The molecule has 0 fully saturated rings. The van der Waals surface area contributed by atoms with Crippen LogP contribution in [0.3, 0.4) is 0 Å². The molecule has 0 radical (unpaired) electrons. The summed E-state index contributed by atoms with van der Waals surface area (Å²) in [6.07, 6.45) is 1.64. The van der Waals surface area contributed by atoms with E-state index >= 15 is 0 Å². The van der Waals surface area contributed by atoms with Crippen LogP contribution in [-0.2, 0) is 4.79 Å². The Balaban J connectivity index is 1.52. The second-order valence-electron chi connectivity index (χ2n) is 5.00. The summed E-state index contributed by atoms with van der Waals surface area (Å²) in [6.45, 7) is 0. The van der Waals surface area contributed by atoms with Crippen molar-refractivity contribution >= 4 is 56.2 Å². The summed E-state index contributed by atoms with van der Waals surface area (Å²) in [7, 11) is 1.62. The van der Waals surface area contributed by atoms with Crippen LogP contribution in [0.2, 0.25) is 0 Å². The molecule has 0 saturated heterocycles. The molecule has 0 saturated carbocycles. The highest BCUT2D eigenvalue weighted by Gasteiger charge is 2.12. The number of H-pyrrole nitrogens is 1. The van der Waals surface area contributed by atoms with Gasteiger partial charge in [-0.2, -0.15) is 0 Å². The van der Waals surface area contributed by atoms with E-state index in [1.54, 1.807) is 18.7 Å². The third kappa shape index (κ3) is 3.26. The van der Waals surface area contributed by atoms with Crippen molar-refractivity contribution in [3.8, 4) is 5.75 Å². The molecule has 0 aliphatic heterocycles. The van der Waals surface area contributed by atoms with Gasteiger partial charge < -0.3 is 15.0 Å². The van der Waals surface area contributed by atoms with Crippen LogP contribution in [0.4, 0.5) is 5.13 Å². The zero-order valence-electron chi connectivity index (χ0n) is 13.0. The number of methoxy groups -OCH3 is 1. The highest BCUT2D eigenvalue weighted by molar-refractivity contribution is 7.99. The molecular formula is C15H12N6O2S2. The third-order valence-electron chi connectivity index (χ3n) is 3.41. The Hall–Kier alpha value is -2.72. The first-order valence-electron chi connectivity index (χ1n) is 7.25. The summed E-state index contributed by atoms with van der Waals surface area (Å²) in [6, 6.07) is 5.66. The van der Waals surface area contributed by atoms with Gasteiger partial charge in [-0.25, -0.2) is 9.97 Å². The SMILES string of the molecule is COc1ccc2[nH]c3nc(SCC(=O)Nc4nccs4)nnc3c2c1. The fourth-order valence-corrected chi connectivity index (χ4v) is 3.43. The van der Waals surface area contributed by atoms with Crippen molar-refractivity contribution in [3.05, 3.63) is 29.8 Å².